The second-order valence-electron chi connectivity index (χ2n) is 3.52. The molecule has 0 unspecified atom stereocenters. The van der Waals surface area contributed by atoms with Crippen molar-refractivity contribution >= 4 is 5.82 Å². The molecule has 2 heterocycles. The molecule has 2 aromatic rings. The van der Waals surface area contributed by atoms with Crippen LogP contribution < -0.4 is 10.1 Å². The highest BCUT2D eigenvalue weighted by atomic mass is 16.5. The van der Waals surface area contributed by atoms with Crippen molar-refractivity contribution in [1.29, 1.82) is 0 Å². The maximum atomic E-state index is 5.08. The van der Waals surface area contributed by atoms with Gasteiger partial charge in [-0.25, -0.2) is 4.98 Å². The summed E-state index contributed by atoms with van der Waals surface area (Å²) < 4.78 is 5.08. The van der Waals surface area contributed by atoms with E-state index in [1.807, 2.05) is 25.1 Å². The average molecular weight is 230 g/mol. The summed E-state index contributed by atoms with van der Waals surface area (Å²) in [6.07, 6.45) is 1.77. The minimum Gasteiger partial charge on any atom is -0.481 e. The number of pyridine rings is 1. The summed E-state index contributed by atoms with van der Waals surface area (Å²) in [5, 5.41) is 3.18. The maximum absolute atomic E-state index is 5.08. The summed E-state index contributed by atoms with van der Waals surface area (Å²) >= 11 is 0. The molecule has 0 aliphatic heterocycles. The summed E-state index contributed by atoms with van der Waals surface area (Å²) in [6.45, 7) is 2.45. The van der Waals surface area contributed by atoms with Crippen molar-refractivity contribution in [3.63, 3.8) is 0 Å². The molecule has 0 atom stereocenters. The highest BCUT2D eigenvalue weighted by Gasteiger charge is 2.01. The normalized spacial score (nSPS) is 10.0. The number of nitrogens with zero attached hydrogens (tertiary/aromatic N) is 3. The Morgan fingerprint density at radius 2 is 2.18 bits per heavy atom. The predicted molar refractivity (Wildman–Crippen MR) is 64.9 cm³/mol. The number of hydrogen-bond acceptors (Lipinski definition) is 5. The number of hydrogen-bond donors (Lipinski definition) is 1. The highest BCUT2D eigenvalue weighted by molar-refractivity contribution is 5.38. The van der Waals surface area contributed by atoms with Crippen molar-refractivity contribution in [2.24, 2.45) is 0 Å². The number of rotatable bonds is 4. The molecule has 0 radical (unpaired) electrons. The smallest absolute Gasteiger partial charge is 0.218 e. The minimum atomic E-state index is 0.557. The molecular weight excluding hydrogens is 216 g/mol. The Morgan fingerprint density at radius 3 is 2.88 bits per heavy atom. The molecule has 0 fully saturated rings. The first-order chi connectivity index (χ1) is 8.28. The van der Waals surface area contributed by atoms with E-state index < -0.39 is 0 Å². The van der Waals surface area contributed by atoms with E-state index in [-0.39, 0.29) is 0 Å². The first-order valence-corrected chi connectivity index (χ1v) is 5.31. The molecule has 17 heavy (non-hydrogen) atoms. The lowest BCUT2D eigenvalue weighted by molar-refractivity contribution is 0.396. The Kier molecular flexibility index (Phi) is 3.49. The molecule has 2 rings (SSSR count). The Morgan fingerprint density at radius 1 is 1.29 bits per heavy atom. The van der Waals surface area contributed by atoms with Crippen LogP contribution in [0.1, 0.15) is 11.5 Å². The molecule has 0 aliphatic carbocycles. The van der Waals surface area contributed by atoms with Crippen molar-refractivity contribution in [2.45, 2.75) is 13.5 Å². The summed E-state index contributed by atoms with van der Waals surface area (Å²) in [5.74, 6) is 1.97. The number of ether oxygens (including phenoxy) is 1. The standard InChI is InChI=1S/C12H14N4O/c1-9-15-11(7-12(16-9)17-2)14-8-10-5-3-4-6-13-10/h3-7H,8H2,1-2H3,(H,14,15,16). The number of methoxy groups -OCH3 is 1. The van der Waals surface area contributed by atoms with Gasteiger partial charge in [0.15, 0.2) is 0 Å². The second-order valence-corrected chi connectivity index (χ2v) is 3.52. The molecule has 2 aromatic heterocycles. The molecule has 5 nitrogen and oxygen atoms in total. The van der Waals surface area contributed by atoms with Gasteiger partial charge in [-0.05, 0) is 19.1 Å². The zero-order valence-electron chi connectivity index (χ0n) is 9.84. The van der Waals surface area contributed by atoms with E-state index in [0.29, 0.717) is 18.2 Å². The van der Waals surface area contributed by atoms with Gasteiger partial charge in [0.1, 0.15) is 11.6 Å². The van der Waals surface area contributed by atoms with E-state index >= 15 is 0 Å². The van der Waals surface area contributed by atoms with Gasteiger partial charge < -0.3 is 10.1 Å². The van der Waals surface area contributed by atoms with Crippen LogP contribution in [0.2, 0.25) is 0 Å². The number of nitrogens with one attached hydrogen (secondary N) is 1. The van der Waals surface area contributed by atoms with Gasteiger partial charge in [0.25, 0.3) is 0 Å². The zero-order valence-corrected chi connectivity index (χ0v) is 9.84. The number of aryl methyl sites for hydroxylation is 1. The van der Waals surface area contributed by atoms with E-state index in [2.05, 4.69) is 20.3 Å². The van der Waals surface area contributed by atoms with E-state index in [1.165, 1.54) is 0 Å². The predicted octanol–water partition coefficient (Wildman–Crippen LogP) is 1.80. The van der Waals surface area contributed by atoms with Gasteiger partial charge in [-0.1, -0.05) is 6.07 Å². The molecule has 0 spiro atoms. The number of aromatic nitrogens is 3. The molecule has 0 saturated carbocycles. The Bertz CT molecular complexity index is 487. The molecule has 1 N–H and O–H groups in total. The monoisotopic (exact) mass is 230 g/mol. The van der Waals surface area contributed by atoms with Crippen LogP contribution in [0, 0.1) is 6.92 Å². The lowest BCUT2D eigenvalue weighted by Crippen LogP contribution is -2.05. The molecular formula is C12H14N4O. The quantitative estimate of drug-likeness (QED) is 0.867. The highest BCUT2D eigenvalue weighted by Crippen LogP contribution is 2.13. The van der Waals surface area contributed by atoms with E-state index in [9.17, 15) is 0 Å². The number of anilines is 1. The fourth-order valence-electron chi connectivity index (χ4n) is 1.42. The Balaban J connectivity index is 2.06. The van der Waals surface area contributed by atoms with Crippen molar-refractivity contribution < 1.29 is 4.74 Å². The van der Waals surface area contributed by atoms with Crippen LogP contribution in [0.25, 0.3) is 0 Å². The van der Waals surface area contributed by atoms with Crippen LogP contribution in [0.3, 0.4) is 0 Å². The second kappa shape index (κ2) is 5.25. The first kappa shape index (κ1) is 11.3. The van der Waals surface area contributed by atoms with Crippen molar-refractivity contribution in [3.8, 4) is 5.88 Å². The molecule has 5 heteroatoms. The maximum Gasteiger partial charge on any atom is 0.218 e. The van der Waals surface area contributed by atoms with Crippen molar-refractivity contribution in [2.75, 3.05) is 12.4 Å². The Hall–Kier alpha value is -2.17. The molecule has 0 saturated heterocycles. The van der Waals surface area contributed by atoms with Gasteiger partial charge in [0.2, 0.25) is 5.88 Å². The first-order valence-electron chi connectivity index (χ1n) is 5.31. The fraction of sp³-hybridized carbons (Fsp3) is 0.250. The van der Waals surface area contributed by atoms with Gasteiger partial charge in [-0.3, -0.25) is 4.98 Å². The molecule has 88 valence electrons. The molecule has 0 amide bonds. The van der Waals surface area contributed by atoms with Crippen LogP contribution >= 0.6 is 0 Å². The lowest BCUT2D eigenvalue weighted by Gasteiger charge is -2.07. The summed E-state index contributed by atoms with van der Waals surface area (Å²) in [6, 6.07) is 7.56. The summed E-state index contributed by atoms with van der Waals surface area (Å²) in [5.41, 5.74) is 0.961. The third kappa shape index (κ3) is 3.14. The fourth-order valence-corrected chi connectivity index (χ4v) is 1.42. The topological polar surface area (TPSA) is 59.9 Å². The van der Waals surface area contributed by atoms with Crippen LogP contribution in [-0.4, -0.2) is 22.1 Å². The summed E-state index contributed by atoms with van der Waals surface area (Å²) in [4.78, 5) is 12.6. The van der Waals surface area contributed by atoms with Crippen molar-refractivity contribution in [1.82, 2.24) is 15.0 Å². The van der Waals surface area contributed by atoms with Gasteiger partial charge in [-0.15, -0.1) is 0 Å². The minimum absolute atomic E-state index is 0.557. The average Bonchev–Trinajstić information content (AvgIpc) is 2.37. The third-order valence-corrected chi connectivity index (χ3v) is 2.20. The van der Waals surface area contributed by atoms with Gasteiger partial charge in [0.05, 0.1) is 19.3 Å². The van der Waals surface area contributed by atoms with Crippen molar-refractivity contribution in [3.05, 3.63) is 42.0 Å². The zero-order chi connectivity index (χ0) is 12.1. The lowest BCUT2D eigenvalue weighted by atomic mass is 10.3. The van der Waals surface area contributed by atoms with Crippen LogP contribution in [0.4, 0.5) is 5.82 Å². The third-order valence-electron chi connectivity index (χ3n) is 2.20. The van der Waals surface area contributed by atoms with Crippen LogP contribution in [0.15, 0.2) is 30.5 Å². The molecule has 0 bridgehead atoms. The SMILES string of the molecule is COc1cc(NCc2ccccn2)nc(C)n1. The van der Waals surface area contributed by atoms with Crippen LogP contribution in [0.5, 0.6) is 5.88 Å². The molecule has 0 aliphatic rings. The van der Waals surface area contributed by atoms with E-state index in [4.69, 9.17) is 4.74 Å². The van der Waals surface area contributed by atoms with E-state index in [0.717, 1.165) is 11.5 Å². The molecule has 0 aromatic carbocycles. The largest absolute Gasteiger partial charge is 0.481 e. The van der Waals surface area contributed by atoms with Gasteiger partial charge in [-0.2, -0.15) is 4.98 Å². The summed E-state index contributed by atoms with van der Waals surface area (Å²) in [7, 11) is 1.59. The van der Waals surface area contributed by atoms with Gasteiger partial charge in [0, 0.05) is 12.3 Å². The van der Waals surface area contributed by atoms with Gasteiger partial charge >= 0.3 is 0 Å². The van der Waals surface area contributed by atoms with E-state index in [1.54, 1.807) is 19.4 Å². The Labute approximate surface area is 99.9 Å². The van der Waals surface area contributed by atoms with Crippen LogP contribution in [-0.2, 0) is 6.54 Å².